The highest BCUT2D eigenvalue weighted by molar-refractivity contribution is 7.99. The Morgan fingerprint density at radius 3 is 2.68 bits per heavy atom. The van der Waals surface area contributed by atoms with Crippen LogP contribution < -0.4 is 16.0 Å². The fourth-order valence-electron chi connectivity index (χ4n) is 3.90. The van der Waals surface area contributed by atoms with Gasteiger partial charge in [0.1, 0.15) is 11.5 Å². The molecule has 2 aliphatic rings. The first-order valence-electron chi connectivity index (χ1n) is 9.49. The minimum Gasteiger partial charge on any atom is -0.394 e. The van der Waals surface area contributed by atoms with E-state index in [2.05, 4.69) is 16.0 Å². The van der Waals surface area contributed by atoms with Crippen LogP contribution in [0.4, 0.5) is 0 Å². The third kappa shape index (κ3) is 5.71. The lowest BCUT2D eigenvalue weighted by atomic mass is 9.86. The van der Waals surface area contributed by atoms with Crippen molar-refractivity contribution in [1.29, 1.82) is 0 Å². The zero-order chi connectivity index (χ0) is 20.8. The molecule has 0 spiro atoms. The predicted molar refractivity (Wildman–Crippen MR) is 107 cm³/mol. The first-order chi connectivity index (χ1) is 13.3. The molecule has 7 N–H and O–H groups in total. The summed E-state index contributed by atoms with van der Waals surface area (Å²) in [6.07, 6.45) is -1.45. The first-order valence-corrected chi connectivity index (χ1v) is 11.2. The van der Waals surface area contributed by atoms with Gasteiger partial charge in [-0.3, -0.25) is 4.79 Å². The third-order valence-corrected chi connectivity index (χ3v) is 6.48. The van der Waals surface area contributed by atoms with Crippen molar-refractivity contribution in [2.24, 2.45) is 11.8 Å². The number of rotatable bonds is 9. The third-order valence-electron chi connectivity index (χ3n) is 5.45. The molecule has 9 unspecified atom stereocenters. The Morgan fingerprint density at radius 1 is 1.36 bits per heavy atom. The second kappa shape index (κ2) is 11.3. The van der Waals surface area contributed by atoms with Crippen molar-refractivity contribution in [3.05, 3.63) is 0 Å². The van der Waals surface area contributed by atoms with Crippen molar-refractivity contribution in [3.63, 3.8) is 0 Å². The lowest BCUT2D eigenvalue weighted by molar-refractivity contribution is -0.129. The summed E-state index contributed by atoms with van der Waals surface area (Å²) >= 11 is 7.27. The summed E-state index contributed by atoms with van der Waals surface area (Å²) in [5.41, 5.74) is -1.20. The molecular formula is C17H32ClN3O6S. The number of thioether (sulfide) groups is 1. The fourth-order valence-corrected chi connectivity index (χ4v) is 4.59. The van der Waals surface area contributed by atoms with Gasteiger partial charge in [0.05, 0.1) is 42.9 Å². The number of alkyl halides is 1. The highest BCUT2D eigenvalue weighted by Crippen LogP contribution is 2.27. The van der Waals surface area contributed by atoms with Crippen molar-refractivity contribution in [3.8, 4) is 0 Å². The van der Waals surface area contributed by atoms with Crippen LogP contribution in [0.3, 0.4) is 0 Å². The number of amides is 1. The normalized spacial score (nSPS) is 31.8. The quantitative estimate of drug-likeness (QED) is 0.155. The Labute approximate surface area is 174 Å². The summed E-state index contributed by atoms with van der Waals surface area (Å²) in [4.78, 5) is 13.0. The van der Waals surface area contributed by atoms with E-state index in [1.165, 1.54) is 0 Å². The Kier molecular flexibility index (Phi) is 9.71. The number of aliphatic hydroxyl groups is 4. The van der Waals surface area contributed by atoms with Gasteiger partial charge in [-0.15, -0.1) is 23.4 Å². The minimum atomic E-state index is -1.40. The van der Waals surface area contributed by atoms with Gasteiger partial charge >= 0.3 is 0 Å². The van der Waals surface area contributed by atoms with Crippen LogP contribution in [-0.4, -0.2) is 107 Å². The van der Waals surface area contributed by atoms with Crippen molar-refractivity contribution >= 4 is 29.3 Å². The van der Waals surface area contributed by atoms with Gasteiger partial charge in [0.2, 0.25) is 5.91 Å². The summed E-state index contributed by atoms with van der Waals surface area (Å²) in [7, 11) is 0. The molecule has 11 heteroatoms. The van der Waals surface area contributed by atoms with Crippen LogP contribution in [0.25, 0.3) is 0 Å². The molecule has 2 aliphatic heterocycles. The van der Waals surface area contributed by atoms with E-state index in [9.17, 15) is 25.2 Å². The maximum atomic E-state index is 13.0. The Morgan fingerprint density at radius 2 is 2.07 bits per heavy atom. The molecule has 0 saturated carbocycles. The molecule has 9 atom stereocenters. The number of ether oxygens (including phenoxy) is 1. The Bertz CT molecular complexity index is 506. The number of aliphatic hydroxyl groups excluding tert-OH is 4. The number of carbonyl (C=O) groups excluding carboxylic acids is 1. The van der Waals surface area contributed by atoms with Gasteiger partial charge in [0, 0.05) is 31.5 Å². The van der Waals surface area contributed by atoms with Crippen LogP contribution in [0.2, 0.25) is 0 Å². The summed E-state index contributed by atoms with van der Waals surface area (Å²) in [5.74, 6) is -1.25. The first kappa shape index (κ1) is 24.1. The number of halogens is 1. The highest BCUT2D eigenvalue weighted by atomic mass is 35.5. The van der Waals surface area contributed by atoms with Gasteiger partial charge in [0.25, 0.3) is 0 Å². The van der Waals surface area contributed by atoms with Gasteiger partial charge in [-0.05, 0) is 13.2 Å². The van der Waals surface area contributed by atoms with Crippen molar-refractivity contribution in [1.82, 2.24) is 16.0 Å². The van der Waals surface area contributed by atoms with E-state index in [1.807, 2.05) is 0 Å². The number of carbonyl (C=O) groups is 1. The predicted octanol–water partition coefficient (Wildman–Crippen LogP) is -2.31. The average molecular weight is 442 g/mol. The second-order valence-electron chi connectivity index (χ2n) is 7.34. The molecule has 0 aromatic heterocycles. The largest absolute Gasteiger partial charge is 0.394 e. The number of nitrogens with one attached hydrogen (secondary N) is 3. The lowest BCUT2D eigenvalue weighted by Gasteiger charge is -2.37. The van der Waals surface area contributed by atoms with E-state index in [0.29, 0.717) is 13.2 Å². The molecule has 9 nitrogen and oxygen atoms in total. The fraction of sp³-hybridized carbons (Fsp3) is 0.941. The second-order valence-corrected chi connectivity index (χ2v) is 8.98. The van der Waals surface area contributed by atoms with Crippen LogP contribution in [-0.2, 0) is 9.53 Å². The van der Waals surface area contributed by atoms with Crippen LogP contribution in [0, 0.1) is 11.8 Å². The van der Waals surface area contributed by atoms with Gasteiger partial charge in [-0.2, -0.15) is 0 Å². The Hall–Kier alpha value is -0.170. The Balaban J connectivity index is 2.16. The maximum absolute atomic E-state index is 13.0. The molecule has 0 aromatic rings. The monoisotopic (exact) mass is 441 g/mol. The molecule has 164 valence electrons. The van der Waals surface area contributed by atoms with Crippen LogP contribution in [0.5, 0.6) is 0 Å². The summed E-state index contributed by atoms with van der Waals surface area (Å²) in [5, 5.41) is 48.8. The van der Waals surface area contributed by atoms with Crippen molar-refractivity contribution < 1.29 is 30.0 Å². The topological polar surface area (TPSA) is 143 Å². The zero-order valence-electron chi connectivity index (χ0n) is 16.1. The molecule has 2 fully saturated rings. The zero-order valence-corrected chi connectivity index (χ0v) is 17.7. The number of hydrogen-bond donors (Lipinski definition) is 7. The SMILES string of the molecule is CSC(O)C(O)C(C(O)CO)C(NC(=O)C1NCC2CNCCOC21)C(C)Cl. The molecule has 0 bridgehead atoms. The average Bonchev–Trinajstić information content (AvgIpc) is 2.94. The number of fused-ring (bicyclic) bond motifs is 1. The smallest absolute Gasteiger partial charge is 0.240 e. The van der Waals surface area contributed by atoms with Gasteiger partial charge < -0.3 is 41.1 Å². The van der Waals surface area contributed by atoms with Crippen molar-refractivity contribution in [2.45, 2.75) is 48.1 Å². The molecule has 0 aromatic carbocycles. The summed E-state index contributed by atoms with van der Waals surface area (Å²) < 4.78 is 5.83. The van der Waals surface area contributed by atoms with E-state index in [-0.39, 0.29) is 17.9 Å². The van der Waals surface area contributed by atoms with Crippen LogP contribution in [0.15, 0.2) is 0 Å². The van der Waals surface area contributed by atoms with Crippen molar-refractivity contribution in [2.75, 3.05) is 39.1 Å². The van der Waals surface area contributed by atoms with Gasteiger partial charge in [0.15, 0.2) is 0 Å². The van der Waals surface area contributed by atoms with E-state index in [1.54, 1.807) is 13.2 Å². The minimum absolute atomic E-state index is 0.160. The standard InChI is InChI=1S/C17H32ClN3O6S/c1-8(18)12(11(10(23)7-22)14(24)17(26)28-2)21-16(25)13-15-9(6-20-13)5-19-3-4-27-15/h8-15,17,19-20,22-24,26H,3-7H2,1-2H3,(H,21,25). The molecule has 2 saturated heterocycles. The van der Waals surface area contributed by atoms with E-state index < -0.39 is 47.6 Å². The molecule has 2 heterocycles. The maximum Gasteiger partial charge on any atom is 0.240 e. The highest BCUT2D eigenvalue weighted by Gasteiger charge is 2.45. The van der Waals surface area contributed by atoms with Gasteiger partial charge in [-0.1, -0.05) is 0 Å². The molecular weight excluding hydrogens is 410 g/mol. The van der Waals surface area contributed by atoms with Crippen LogP contribution >= 0.6 is 23.4 Å². The van der Waals surface area contributed by atoms with E-state index in [0.717, 1.165) is 24.9 Å². The number of hydrogen-bond acceptors (Lipinski definition) is 9. The van der Waals surface area contributed by atoms with E-state index in [4.69, 9.17) is 16.3 Å². The molecule has 0 radical (unpaired) electrons. The van der Waals surface area contributed by atoms with E-state index >= 15 is 0 Å². The van der Waals surface area contributed by atoms with Gasteiger partial charge in [-0.25, -0.2) is 0 Å². The molecule has 2 rings (SSSR count). The van der Waals surface area contributed by atoms with Crippen LogP contribution in [0.1, 0.15) is 6.92 Å². The molecule has 28 heavy (non-hydrogen) atoms. The molecule has 1 amide bonds. The summed E-state index contributed by atoms with van der Waals surface area (Å²) in [6, 6.07) is -1.46. The summed E-state index contributed by atoms with van der Waals surface area (Å²) in [6.45, 7) is 3.60. The molecule has 0 aliphatic carbocycles. The lowest BCUT2D eigenvalue weighted by Crippen LogP contribution is -2.59.